The number of nitrogens with two attached hydrogens (primary N) is 1. The fourth-order valence-corrected chi connectivity index (χ4v) is 2.81. The molecule has 1 atom stereocenters. The molecule has 1 heterocycles. The maximum absolute atomic E-state index is 5.92. The molecule has 0 amide bonds. The average Bonchev–Trinajstić information content (AvgIpc) is 2.50. The lowest BCUT2D eigenvalue weighted by molar-refractivity contribution is 0.00396. The molecular formula is C15H33IN4O. The van der Waals surface area contributed by atoms with Crippen LogP contribution in [0.25, 0.3) is 0 Å². The summed E-state index contributed by atoms with van der Waals surface area (Å²) in [5, 5.41) is 3.15. The lowest BCUT2D eigenvalue weighted by Gasteiger charge is -2.38. The number of ether oxygens (including phenoxy) is 1. The van der Waals surface area contributed by atoms with Crippen LogP contribution in [0.2, 0.25) is 0 Å². The highest BCUT2D eigenvalue weighted by Gasteiger charge is 2.26. The van der Waals surface area contributed by atoms with Crippen molar-refractivity contribution in [1.82, 2.24) is 10.2 Å². The first kappa shape index (κ1) is 20.9. The number of aliphatic imine (C=N–C) groups is 1. The number of hydrogen-bond donors (Lipinski definition) is 2. The van der Waals surface area contributed by atoms with Gasteiger partial charge < -0.3 is 15.8 Å². The maximum atomic E-state index is 5.92. The third-order valence-electron chi connectivity index (χ3n) is 4.11. The first-order chi connectivity index (χ1) is 9.72. The molecule has 1 aliphatic rings. The van der Waals surface area contributed by atoms with Crippen LogP contribution >= 0.6 is 24.0 Å². The Hall–Kier alpha value is -0.0800. The molecule has 0 spiro atoms. The van der Waals surface area contributed by atoms with Gasteiger partial charge in [0.05, 0.1) is 19.8 Å². The number of halogens is 1. The lowest BCUT2D eigenvalue weighted by Crippen LogP contribution is -2.49. The highest BCUT2D eigenvalue weighted by molar-refractivity contribution is 14.0. The molecule has 0 aromatic rings. The largest absolute Gasteiger partial charge is 0.379 e. The van der Waals surface area contributed by atoms with E-state index in [1.54, 1.807) is 0 Å². The van der Waals surface area contributed by atoms with Gasteiger partial charge >= 0.3 is 0 Å². The fourth-order valence-electron chi connectivity index (χ4n) is 2.81. The number of nitrogens with one attached hydrogen (secondary N) is 1. The molecule has 1 rings (SSSR count). The summed E-state index contributed by atoms with van der Waals surface area (Å²) in [4.78, 5) is 7.08. The Balaban J connectivity index is 0.00000400. The van der Waals surface area contributed by atoms with Crippen LogP contribution in [0, 0.1) is 5.92 Å². The summed E-state index contributed by atoms with van der Waals surface area (Å²) in [7, 11) is 0. The van der Waals surface area contributed by atoms with Crippen molar-refractivity contribution >= 4 is 29.9 Å². The van der Waals surface area contributed by atoms with E-state index in [9.17, 15) is 0 Å². The lowest BCUT2D eigenvalue weighted by atomic mass is 9.92. The standard InChI is InChI=1S/C15H32N4O.HI/c1-4-7-17-15(16)18-12-14(13(5-2)6-3)19-8-10-20-11-9-19;/h13-14H,4-12H2,1-3H3,(H3,16,17,18);1H. The second-order valence-corrected chi connectivity index (χ2v) is 5.44. The molecule has 0 aromatic carbocycles. The van der Waals surface area contributed by atoms with Gasteiger partial charge in [0.15, 0.2) is 5.96 Å². The molecule has 0 aliphatic carbocycles. The van der Waals surface area contributed by atoms with E-state index in [4.69, 9.17) is 10.5 Å². The number of hydrogen-bond acceptors (Lipinski definition) is 3. The average molecular weight is 412 g/mol. The van der Waals surface area contributed by atoms with Gasteiger partial charge in [-0.15, -0.1) is 24.0 Å². The summed E-state index contributed by atoms with van der Waals surface area (Å²) in [5.41, 5.74) is 5.92. The fraction of sp³-hybridized carbons (Fsp3) is 0.933. The van der Waals surface area contributed by atoms with Gasteiger partial charge in [0.25, 0.3) is 0 Å². The van der Waals surface area contributed by atoms with E-state index >= 15 is 0 Å². The minimum absolute atomic E-state index is 0. The molecule has 0 aromatic heterocycles. The van der Waals surface area contributed by atoms with Gasteiger partial charge in [0, 0.05) is 25.7 Å². The number of morpholine rings is 1. The second kappa shape index (κ2) is 12.5. The quantitative estimate of drug-likeness (QED) is 0.364. The van der Waals surface area contributed by atoms with Crippen molar-refractivity contribution in [3.05, 3.63) is 0 Å². The van der Waals surface area contributed by atoms with Gasteiger partial charge in [-0.1, -0.05) is 33.6 Å². The molecule has 3 N–H and O–H groups in total. The normalized spacial score (nSPS) is 18.4. The molecule has 1 unspecified atom stereocenters. The molecule has 21 heavy (non-hydrogen) atoms. The molecule has 5 nitrogen and oxygen atoms in total. The Morgan fingerprint density at radius 3 is 2.38 bits per heavy atom. The summed E-state index contributed by atoms with van der Waals surface area (Å²) < 4.78 is 5.46. The van der Waals surface area contributed by atoms with Crippen molar-refractivity contribution < 1.29 is 4.74 Å². The van der Waals surface area contributed by atoms with Gasteiger partial charge in [-0.25, -0.2) is 0 Å². The van der Waals surface area contributed by atoms with Crippen molar-refractivity contribution in [2.75, 3.05) is 39.4 Å². The molecular weight excluding hydrogens is 379 g/mol. The van der Waals surface area contributed by atoms with Gasteiger partial charge in [0.2, 0.25) is 0 Å². The highest BCUT2D eigenvalue weighted by Crippen LogP contribution is 2.20. The molecule has 0 radical (unpaired) electrons. The third kappa shape index (κ3) is 7.65. The van der Waals surface area contributed by atoms with E-state index in [0.29, 0.717) is 17.9 Å². The number of guanidine groups is 1. The van der Waals surface area contributed by atoms with Gasteiger partial charge in [-0.2, -0.15) is 0 Å². The van der Waals surface area contributed by atoms with Crippen molar-refractivity contribution in [3.8, 4) is 0 Å². The first-order valence-electron chi connectivity index (χ1n) is 8.08. The van der Waals surface area contributed by atoms with Gasteiger partial charge in [-0.3, -0.25) is 9.89 Å². The smallest absolute Gasteiger partial charge is 0.188 e. The minimum atomic E-state index is 0. The Bertz CT molecular complexity index is 279. The zero-order valence-electron chi connectivity index (χ0n) is 13.8. The highest BCUT2D eigenvalue weighted by atomic mass is 127. The van der Waals surface area contributed by atoms with Crippen LogP contribution in [-0.4, -0.2) is 56.3 Å². The van der Waals surface area contributed by atoms with E-state index < -0.39 is 0 Å². The summed E-state index contributed by atoms with van der Waals surface area (Å²) in [5.74, 6) is 1.26. The Kier molecular flexibility index (Phi) is 12.4. The monoisotopic (exact) mass is 412 g/mol. The van der Waals surface area contributed by atoms with E-state index in [1.165, 1.54) is 12.8 Å². The summed E-state index contributed by atoms with van der Waals surface area (Å²) in [6, 6.07) is 0.482. The Labute approximate surface area is 147 Å². The maximum Gasteiger partial charge on any atom is 0.188 e. The molecule has 6 heteroatoms. The van der Waals surface area contributed by atoms with Crippen LogP contribution in [0.5, 0.6) is 0 Å². The zero-order valence-corrected chi connectivity index (χ0v) is 16.1. The van der Waals surface area contributed by atoms with Gasteiger partial charge in [-0.05, 0) is 12.3 Å². The van der Waals surface area contributed by atoms with E-state index in [1.807, 2.05) is 0 Å². The van der Waals surface area contributed by atoms with Crippen LogP contribution in [0.1, 0.15) is 40.0 Å². The molecule has 1 saturated heterocycles. The van der Waals surface area contributed by atoms with Crippen LogP contribution in [0.3, 0.4) is 0 Å². The molecule has 1 fully saturated rings. The van der Waals surface area contributed by atoms with E-state index in [-0.39, 0.29) is 24.0 Å². The van der Waals surface area contributed by atoms with Crippen molar-refractivity contribution in [1.29, 1.82) is 0 Å². The van der Waals surface area contributed by atoms with Crippen LogP contribution in [0.4, 0.5) is 0 Å². The zero-order chi connectivity index (χ0) is 14.8. The van der Waals surface area contributed by atoms with Crippen LogP contribution in [0.15, 0.2) is 4.99 Å². The number of rotatable bonds is 8. The summed E-state index contributed by atoms with van der Waals surface area (Å²) in [6.45, 7) is 12.0. The predicted molar refractivity (Wildman–Crippen MR) is 100 cm³/mol. The van der Waals surface area contributed by atoms with E-state index in [0.717, 1.165) is 45.8 Å². The van der Waals surface area contributed by atoms with Crippen LogP contribution in [-0.2, 0) is 4.74 Å². The molecule has 0 saturated carbocycles. The first-order valence-corrected chi connectivity index (χ1v) is 8.08. The molecule has 126 valence electrons. The molecule has 0 bridgehead atoms. The Morgan fingerprint density at radius 2 is 1.86 bits per heavy atom. The third-order valence-corrected chi connectivity index (χ3v) is 4.11. The van der Waals surface area contributed by atoms with Gasteiger partial charge in [0.1, 0.15) is 0 Å². The summed E-state index contributed by atoms with van der Waals surface area (Å²) >= 11 is 0. The van der Waals surface area contributed by atoms with Crippen molar-refractivity contribution in [3.63, 3.8) is 0 Å². The van der Waals surface area contributed by atoms with Crippen LogP contribution < -0.4 is 11.1 Å². The predicted octanol–water partition coefficient (Wildman–Crippen LogP) is 2.06. The summed E-state index contributed by atoms with van der Waals surface area (Å²) in [6.07, 6.45) is 3.45. The molecule has 1 aliphatic heterocycles. The SMILES string of the molecule is CCCNC(N)=NCC(C(CC)CC)N1CCOCC1.I. The van der Waals surface area contributed by atoms with Crippen molar-refractivity contribution in [2.45, 2.75) is 46.1 Å². The second-order valence-electron chi connectivity index (χ2n) is 5.44. The topological polar surface area (TPSA) is 62.9 Å². The Morgan fingerprint density at radius 1 is 1.24 bits per heavy atom. The minimum Gasteiger partial charge on any atom is -0.379 e. The van der Waals surface area contributed by atoms with Crippen molar-refractivity contribution in [2.24, 2.45) is 16.6 Å². The van der Waals surface area contributed by atoms with E-state index in [2.05, 4.69) is 36.0 Å². The number of nitrogens with zero attached hydrogens (tertiary/aromatic N) is 2.